The number of ether oxygens (including phenoxy) is 1. The molecule has 1 aromatic rings. The fraction of sp³-hybridized carbons (Fsp3) is 0.550. The van der Waals surface area contributed by atoms with Crippen molar-refractivity contribution in [1.82, 2.24) is 0 Å². The maximum absolute atomic E-state index is 12.9. The summed E-state index contributed by atoms with van der Waals surface area (Å²) in [6.45, 7) is 6.53. The van der Waals surface area contributed by atoms with Crippen LogP contribution in [0, 0.1) is 11.8 Å². The van der Waals surface area contributed by atoms with E-state index in [4.69, 9.17) is 16.5 Å². The molecule has 160 valence electrons. The zero-order valence-electron chi connectivity index (χ0n) is 17.0. The molecular weight excluding hydrogens is 418 g/mol. The largest absolute Gasteiger partial charge is 0.459 e. The van der Waals surface area contributed by atoms with Crippen LogP contribution in [-0.4, -0.2) is 43.2 Å². The van der Waals surface area contributed by atoms with Gasteiger partial charge in [-0.25, -0.2) is 8.42 Å². The second-order valence-electron chi connectivity index (χ2n) is 8.08. The molecule has 0 saturated heterocycles. The summed E-state index contributed by atoms with van der Waals surface area (Å²) in [6.07, 6.45) is 1.33. The first kappa shape index (κ1) is 23.3. The monoisotopic (exact) mass is 443 g/mol. The SMILES string of the molecule is CCS(=O)(=O)CN(Cl)c1ccc(C(=O)C(C(=O)OC(C)(C)C)C(=O)C2CC2)cc1. The maximum atomic E-state index is 12.9. The molecule has 0 N–H and O–H groups in total. The minimum absolute atomic E-state index is 0.0480. The maximum Gasteiger partial charge on any atom is 0.325 e. The van der Waals surface area contributed by atoms with Crippen LogP contribution in [0.5, 0.6) is 0 Å². The molecule has 0 heterocycles. The van der Waals surface area contributed by atoms with E-state index in [1.807, 2.05) is 0 Å². The van der Waals surface area contributed by atoms with Gasteiger partial charge in [-0.2, -0.15) is 0 Å². The van der Waals surface area contributed by atoms with Crippen LogP contribution in [0.25, 0.3) is 0 Å². The van der Waals surface area contributed by atoms with Crippen molar-refractivity contribution in [3.05, 3.63) is 29.8 Å². The van der Waals surface area contributed by atoms with Gasteiger partial charge in [0.15, 0.2) is 27.3 Å². The Morgan fingerprint density at radius 2 is 1.72 bits per heavy atom. The van der Waals surface area contributed by atoms with Gasteiger partial charge in [-0.3, -0.25) is 18.8 Å². The lowest BCUT2D eigenvalue weighted by Gasteiger charge is -2.23. The highest BCUT2D eigenvalue weighted by Crippen LogP contribution is 2.34. The second-order valence-corrected chi connectivity index (χ2v) is 10.8. The number of carbonyl (C=O) groups excluding carboxylic acids is 3. The summed E-state index contributed by atoms with van der Waals surface area (Å²) in [4.78, 5) is 38.1. The zero-order chi connectivity index (χ0) is 22.0. The van der Waals surface area contributed by atoms with Crippen molar-refractivity contribution in [3.63, 3.8) is 0 Å². The minimum atomic E-state index is -3.33. The summed E-state index contributed by atoms with van der Waals surface area (Å²) < 4.78 is 29.8. The smallest absolute Gasteiger partial charge is 0.325 e. The average molecular weight is 444 g/mol. The third kappa shape index (κ3) is 6.54. The highest BCUT2D eigenvalue weighted by atomic mass is 35.5. The molecule has 0 amide bonds. The van der Waals surface area contributed by atoms with Crippen molar-refractivity contribution < 1.29 is 27.5 Å². The molecule has 1 aromatic carbocycles. The lowest BCUT2D eigenvalue weighted by Crippen LogP contribution is -2.38. The molecule has 0 aliphatic heterocycles. The van der Waals surface area contributed by atoms with E-state index in [1.165, 1.54) is 31.2 Å². The molecule has 1 fully saturated rings. The number of esters is 1. The molecule has 0 aromatic heterocycles. The van der Waals surface area contributed by atoms with Crippen molar-refractivity contribution >= 4 is 44.8 Å². The molecular formula is C20H26ClNO6S. The van der Waals surface area contributed by atoms with E-state index in [9.17, 15) is 22.8 Å². The number of anilines is 1. The Labute approximate surface area is 176 Å². The first-order valence-corrected chi connectivity index (χ1v) is 11.5. The molecule has 0 radical (unpaired) electrons. The van der Waals surface area contributed by atoms with E-state index in [0.717, 1.165) is 4.42 Å². The predicted molar refractivity (Wildman–Crippen MR) is 110 cm³/mol. The van der Waals surface area contributed by atoms with Crippen LogP contribution in [-0.2, 0) is 24.2 Å². The summed E-state index contributed by atoms with van der Waals surface area (Å²) >= 11 is 6.03. The number of ketones is 2. The normalized spacial score (nSPS) is 15.5. The third-order valence-corrected chi connectivity index (χ3v) is 6.34. The summed E-state index contributed by atoms with van der Waals surface area (Å²) in [6, 6.07) is 5.78. The third-order valence-electron chi connectivity index (χ3n) is 4.35. The Hall–Kier alpha value is -1.93. The molecule has 1 aliphatic carbocycles. The lowest BCUT2D eigenvalue weighted by atomic mass is 9.91. The highest BCUT2D eigenvalue weighted by molar-refractivity contribution is 7.91. The quantitative estimate of drug-likeness (QED) is 0.250. The van der Waals surface area contributed by atoms with Crippen LogP contribution in [0.3, 0.4) is 0 Å². The molecule has 29 heavy (non-hydrogen) atoms. The van der Waals surface area contributed by atoms with Gasteiger partial charge >= 0.3 is 5.97 Å². The summed E-state index contributed by atoms with van der Waals surface area (Å²) in [5, 5.41) is 0. The van der Waals surface area contributed by atoms with Gasteiger partial charge in [-0.05, 0) is 57.9 Å². The van der Waals surface area contributed by atoms with Crippen molar-refractivity contribution in [2.24, 2.45) is 11.8 Å². The van der Waals surface area contributed by atoms with E-state index in [-0.39, 0.29) is 23.1 Å². The van der Waals surface area contributed by atoms with Gasteiger partial charge in [0, 0.05) is 29.0 Å². The first-order valence-electron chi connectivity index (χ1n) is 9.39. The van der Waals surface area contributed by atoms with Crippen LogP contribution >= 0.6 is 11.8 Å². The van der Waals surface area contributed by atoms with Gasteiger partial charge in [-0.15, -0.1) is 0 Å². The van der Waals surface area contributed by atoms with Gasteiger partial charge in [0.05, 0.1) is 5.69 Å². The number of rotatable bonds is 9. The number of nitrogens with zero attached hydrogens (tertiary/aromatic N) is 1. The fourth-order valence-electron chi connectivity index (χ4n) is 2.61. The molecule has 1 atom stereocenters. The molecule has 1 aliphatic rings. The van der Waals surface area contributed by atoms with Crippen LogP contribution < -0.4 is 4.42 Å². The predicted octanol–water partition coefficient (Wildman–Crippen LogP) is 3.16. The Balaban J connectivity index is 2.22. The van der Waals surface area contributed by atoms with Crippen molar-refractivity contribution in [3.8, 4) is 0 Å². The molecule has 1 unspecified atom stereocenters. The Bertz CT molecular complexity index is 885. The van der Waals surface area contributed by atoms with Gasteiger partial charge in [0.25, 0.3) is 0 Å². The number of hydrogen-bond acceptors (Lipinski definition) is 7. The van der Waals surface area contributed by atoms with Crippen LogP contribution in [0.1, 0.15) is 50.9 Å². The molecule has 7 nitrogen and oxygen atoms in total. The highest BCUT2D eigenvalue weighted by Gasteiger charge is 2.44. The molecule has 9 heteroatoms. The van der Waals surface area contributed by atoms with Crippen LogP contribution in [0.2, 0.25) is 0 Å². The number of sulfone groups is 1. The molecule has 0 spiro atoms. The van der Waals surface area contributed by atoms with Gasteiger partial charge in [-0.1, -0.05) is 6.92 Å². The Morgan fingerprint density at radius 1 is 1.17 bits per heavy atom. The van der Waals surface area contributed by atoms with Gasteiger partial charge < -0.3 is 4.74 Å². The van der Waals surface area contributed by atoms with E-state index in [0.29, 0.717) is 18.5 Å². The number of Topliss-reactive ketones (excluding diaryl/α,β-unsaturated/α-hetero) is 2. The number of carbonyl (C=O) groups is 3. The molecule has 2 rings (SSSR count). The number of halogens is 1. The topological polar surface area (TPSA) is 97.8 Å². The number of hydrogen-bond donors (Lipinski definition) is 0. The van der Waals surface area contributed by atoms with E-state index < -0.39 is 38.9 Å². The first-order chi connectivity index (χ1) is 13.3. The van der Waals surface area contributed by atoms with Crippen molar-refractivity contribution in [2.75, 3.05) is 16.0 Å². The van der Waals surface area contributed by atoms with E-state index >= 15 is 0 Å². The average Bonchev–Trinajstić information content (AvgIpc) is 3.45. The summed E-state index contributed by atoms with van der Waals surface area (Å²) in [5.41, 5.74) is -0.294. The Kier molecular flexibility index (Phi) is 7.11. The van der Waals surface area contributed by atoms with Gasteiger partial charge in [0.2, 0.25) is 0 Å². The molecule has 1 saturated carbocycles. The van der Waals surface area contributed by atoms with E-state index in [1.54, 1.807) is 20.8 Å². The summed E-state index contributed by atoms with van der Waals surface area (Å²) in [7, 11) is -3.33. The molecule has 0 bridgehead atoms. The summed E-state index contributed by atoms with van der Waals surface area (Å²) in [5.74, 6) is -4.11. The fourth-order valence-corrected chi connectivity index (χ4v) is 3.85. The van der Waals surface area contributed by atoms with Crippen molar-refractivity contribution in [1.29, 1.82) is 0 Å². The second kappa shape index (κ2) is 8.83. The van der Waals surface area contributed by atoms with Crippen LogP contribution in [0.15, 0.2) is 24.3 Å². The minimum Gasteiger partial charge on any atom is -0.459 e. The standard InChI is InChI=1S/C20H26ClNO6S/c1-5-29(26,27)12-22(21)15-10-8-14(9-11-15)18(24)16(17(23)13-6-7-13)19(25)28-20(2,3)4/h8-11,13,16H,5-7,12H2,1-4H3. The van der Waals surface area contributed by atoms with E-state index in [2.05, 4.69) is 0 Å². The Morgan fingerprint density at radius 3 is 2.17 bits per heavy atom. The van der Waals surface area contributed by atoms with Crippen molar-refractivity contribution in [2.45, 2.75) is 46.1 Å². The lowest BCUT2D eigenvalue weighted by molar-refractivity contribution is -0.160. The van der Waals surface area contributed by atoms with Crippen LogP contribution in [0.4, 0.5) is 5.69 Å². The zero-order valence-corrected chi connectivity index (χ0v) is 18.5. The number of benzene rings is 1. The van der Waals surface area contributed by atoms with Gasteiger partial charge in [0.1, 0.15) is 11.5 Å².